The SMILES string of the molecule is N[C@@H](c1ccc(Br)nc1)C1CCC1. The average Bonchev–Trinajstić information content (AvgIpc) is 2.02. The summed E-state index contributed by atoms with van der Waals surface area (Å²) in [6.45, 7) is 0. The standard InChI is InChI=1S/C10H13BrN2/c11-9-5-4-8(6-13-9)10(12)7-2-1-3-7/h4-7,10H,1-3,12H2/t10-/m1/s1. The lowest BCUT2D eigenvalue weighted by Gasteiger charge is -2.31. The van der Waals surface area contributed by atoms with Crippen molar-refractivity contribution in [1.29, 1.82) is 0 Å². The van der Waals surface area contributed by atoms with Crippen LogP contribution in [0.5, 0.6) is 0 Å². The van der Waals surface area contributed by atoms with Crippen LogP contribution in [0.1, 0.15) is 30.9 Å². The molecule has 1 aromatic rings. The Bertz CT molecular complexity index is 279. The van der Waals surface area contributed by atoms with E-state index in [0.29, 0.717) is 5.92 Å². The Kier molecular flexibility index (Phi) is 2.65. The molecule has 0 radical (unpaired) electrons. The molecule has 1 heterocycles. The Labute approximate surface area is 86.7 Å². The van der Waals surface area contributed by atoms with Crippen LogP contribution in [-0.2, 0) is 0 Å². The second-order valence-corrected chi connectivity index (χ2v) is 4.44. The minimum atomic E-state index is 0.189. The molecule has 0 saturated heterocycles. The maximum absolute atomic E-state index is 6.10. The van der Waals surface area contributed by atoms with Crippen molar-refractivity contribution in [2.45, 2.75) is 25.3 Å². The van der Waals surface area contributed by atoms with E-state index in [9.17, 15) is 0 Å². The van der Waals surface area contributed by atoms with E-state index in [2.05, 4.69) is 27.0 Å². The molecule has 1 atom stereocenters. The molecule has 0 spiro atoms. The van der Waals surface area contributed by atoms with Crippen LogP contribution in [0.2, 0.25) is 0 Å². The van der Waals surface area contributed by atoms with Crippen molar-refractivity contribution < 1.29 is 0 Å². The van der Waals surface area contributed by atoms with Crippen LogP contribution in [0.25, 0.3) is 0 Å². The molecule has 2 nitrogen and oxygen atoms in total. The zero-order valence-corrected chi connectivity index (χ0v) is 9.00. The summed E-state index contributed by atoms with van der Waals surface area (Å²) >= 11 is 3.31. The van der Waals surface area contributed by atoms with Gasteiger partial charge in [0.25, 0.3) is 0 Å². The van der Waals surface area contributed by atoms with E-state index in [1.807, 2.05) is 12.3 Å². The Morgan fingerprint density at radius 2 is 2.23 bits per heavy atom. The zero-order chi connectivity index (χ0) is 9.26. The van der Waals surface area contributed by atoms with Gasteiger partial charge >= 0.3 is 0 Å². The summed E-state index contributed by atoms with van der Waals surface area (Å²) in [5.74, 6) is 0.683. The Morgan fingerprint density at radius 1 is 1.46 bits per heavy atom. The van der Waals surface area contributed by atoms with Crippen LogP contribution in [0.4, 0.5) is 0 Å². The number of nitrogens with zero attached hydrogens (tertiary/aromatic N) is 1. The third-order valence-electron chi connectivity index (χ3n) is 2.79. The molecule has 0 unspecified atom stereocenters. The molecular weight excluding hydrogens is 228 g/mol. The van der Waals surface area contributed by atoms with Crippen molar-refractivity contribution in [3.05, 3.63) is 28.5 Å². The second-order valence-electron chi connectivity index (χ2n) is 3.63. The number of halogens is 1. The van der Waals surface area contributed by atoms with Crippen LogP contribution in [0.3, 0.4) is 0 Å². The predicted octanol–water partition coefficient (Wildman–Crippen LogP) is 2.64. The number of hydrogen-bond donors (Lipinski definition) is 1. The summed E-state index contributed by atoms with van der Waals surface area (Å²) in [6, 6.07) is 4.20. The molecular formula is C10H13BrN2. The van der Waals surface area contributed by atoms with E-state index < -0.39 is 0 Å². The summed E-state index contributed by atoms with van der Waals surface area (Å²) < 4.78 is 0.872. The lowest BCUT2D eigenvalue weighted by atomic mass is 9.78. The topological polar surface area (TPSA) is 38.9 Å². The zero-order valence-electron chi connectivity index (χ0n) is 7.41. The molecule has 2 rings (SSSR count). The van der Waals surface area contributed by atoms with Gasteiger partial charge < -0.3 is 5.73 Å². The summed E-state index contributed by atoms with van der Waals surface area (Å²) in [5, 5.41) is 0. The van der Waals surface area contributed by atoms with Crippen LogP contribution in [0.15, 0.2) is 22.9 Å². The molecule has 0 amide bonds. The van der Waals surface area contributed by atoms with Gasteiger partial charge in [-0.1, -0.05) is 12.5 Å². The second kappa shape index (κ2) is 3.76. The fourth-order valence-corrected chi connectivity index (χ4v) is 1.89. The van der Waals surface area contributed by atoms with Gasteiger partial charge in [-0.25, -0.2) is 4.98 Å². The number of aromatic nitrogens is 1. The van der Waals surface area contributed by atoms with Crippen molar-refractivity contribution in [1.82, 2.24) is 4.98 Å². The first kappa shape index (κ1) is 9.16. The molecule has 13 heavy (non-hydrogen) atoms. The third kappa shape index (κ3) is 1.92. The molecule has 70 valence electrons. The highest BCUT2D eigenvalue weighted by molar-refractivity contribution is 9.10. The van der Waals surface area contributed by atoms with Gasteiger partial charge in [0, 0.05) is 12.2 Å². The summed E-state index contributed by atoms with van der Waals surface area (Å²) in [7, 11) is 0. The predicted molar refractivity (Wildman–Crippen MR) is 56.2 cm³/mol. The van der Waals surface area contributed by atoms with E-state index in [-0.39, 0.29) is 6.04 Å². The molecule has 1 aromatic heterocycles. The summed E-state index contributed by atoms with van der Waals surface area (Å²) in [5.41, 5.74) is 7.26. The number of rotatable bonds is 2. The Balaban J connectivity index is 2.10. The van der Waals surface area contributed by atoms with Crippen molar-refractivity contribution in [2.24, 2.45) is 11.7 Å². The molecule has 0 aliphatic heterocycles. The van der Waals surface area contributed by atoms with Crippen LogP contribution < -0.4 is 5.73 Å². The normalized spacial score (nSPS) is 19.5. The summed E-state index contributed by atoms with van der Waals surface area (Å²) in [4.78, 5) is 4.18. The van der Waals surface area contributed by atoms with Crippen LogP contribution in [0, 0.1) is 5.92 Å². The molecule has 3 heteroatoms. The number of hydrogen-bond acceptors (Lipinski definition) is 2. The fourth-order valence-electron chi connectivity index (χ4n) is 1.66. The lowest BCUT2D eigenvalue weighted by molar-refractivity contribution is 0.264. The highest BCUT2D eigenvalue weighted by atomic mass is 79.9. The fraction of sp³-hybridized carbons (Fsp3) is 0.500. The lowest BCUT2D eigenvalue weighted by Crippen LogP contribution is -2.26. The number of pyridine rings is 1. The van der Waals surface area contributed by atoms with Gasteiger partial charge in [-0.2, -0.15) is 0 Å². The first-order valence-electron chi connectivity index (χ1n) is 4.64. The van der Waals surface area contributed by atoms with E-state index in [0.717, 1.165) is 10.2 Å². The minimum Gasteiger partial charge on any atom is -0.324 e. The molecule has 1 fully saturated rings. The maximum Gasteiger partial charge on any atom is 0.106 e. The Hall–Kier alpha value is -0.410. The van der Waals surface area contributed by atoms with Gasteiger partial charge in [-0.05, 0) is 46.3 Å². The maximum atomic E-state index is 6.10. The smallest absolute Gasteiger partial charge is 0.106 e. The van der Waals surface area contributed by atoms with Crippen molar-refractivity contribution in [3.63, 3.8) is 0 Å². The largest absolute Gasteiger partial charge is 0.324 e. The Morgan fingerprint density at radius 3 is 2.69 bits per heavy atom. The first-order chi connectivity index (χ1) is 6.27. The molecule has 0 bridgehead atoms. The molecule has 1 aliphatic carbocycles. The van der Waals surface area contributed by atoms with E-state index >= 15 is 0 Å². The van der Waals surface area contributed by atoms with Gasteiger partial charge in [0.15, 0.2) is 0 Å². The van der Waals surface area contributed by atoms with Crippen molar-refractivity contribution in [2.75, 3.05) is 0 Å². The molecule has 2 N–H and O–H groups in total. The highest BCUT2D eigenvalue weighted by Gasteiger charge is 2.25. The highest BCUT2D eigenvalue weighted by Crippen LogP contribution is 2.35. The molecule has 0 aromatic carbocycles. The average molecular weight is 241 g/mol. The van der Waals surface area contributed by atoms with Crippen molar-refractivity contribution in [3.8, 4) is 0 Å². The van der Waals surface area contributed by atoms with E-state index in [1.54, 1.807) is 0 Å². The van der Waals surface area contributed by atoms with Gasteiger partial charge in [0.05, 0.1) is 0 Å². The van der Waals surface area contributed by atoms with Gasteiger partial charge in [0.1, 0.15) is 4.60 Å². The van der Waals surface area contributed by atoms with Gasteiger partial charge in [-0.15, -0.1) is 0 Å². The molecule has 1 saturated carbocycles. The van der Waals surface area contributed by atoms with Crippen molar-refractivity contribution >= 4 is 15.9 Å². The minimum absolute atomic E-state index is 0.189. The quantitative estimate of drug-likeness (QED) is 0.808. The van der Waals surface area contributed by atoms with E-state index in [1.165, 1.54) is 19.3 Å². The molecule has 1 aliphatic rings. The summed E-state index contributed by atoms with van der Waals surface area (Å²) in [6.07, 6.45) is 5.75. The van der Waals surface area contributed by atoms with Gasteiger partial charge in [0.2, 0.25) is 0 Å². The van der Waals surface area contributed by atoms with E-state index in [4.69, 9.17) is 5.73 Å². The number of nitrogens with two attached hydrogens (primary N) is 1. The van der Waals surface area contributed by atoms with Gasteiger partial charge in [-0.3, -0.25) is 0 Å². The third-order valence-corrected chi connectivity index (χ3v) is 3.26. The monoisotopic (exact) mass is 240 g/mol. The van der Waals surface area contributed by atoms with Crippen LogP contribution >= 0.6 is 15.9 Å². The first-order valence-corrected chi connectivity index (χ1v) is 5.43. The van der Waals surface area contributed by atoms with Crippen LogP contribution in [-0.4, -0.2) is 4.98 Å².